The van der Waals surface area contributed by atoms with Gasteiger partial charge in [0, 0.05) is 24.7 Å². The predicted molar refractivity (Wildman–Crippen MR) is 69.7 cm³/mol. The van der Waals surface area contributed by atoms with E-state index in [0.717, 1.165) is 12.6 Å². The molecule has 0 unspecified atom stereocenters. The number of non-ortho nitro benzene ring substituents is 1. The van der Waals surface area contributed by atoms with Gasteiger partial charge in [0.05, 0.1) is 9.95 Å². The molecule has 104 valence electrons. The molecule has 19 heavy (non-hydrogen) atoms. The van der Waals surface area contributed by atoms with Crippen LogP contribution in [0, 0.1) is 10.1 Å². The maximum Gasteiger partial charge on any atom is 0.270 e. The van der Waals surface area contributed by atoms with E-state index in [9.17, 15) is 18.5 Å². The zero-order valence-corrected chi connectivity index (χ0v) is 11.4. The summed E-state index contributed by atoms with van der Waals surface area (Å²) >= 11 is 5.81. The van der Waals surface area contributed by atoms with Crippen LogP contribution in [0.1, 0.15) is 6.42 Å². The number of benzene rings is 1. The van der Waals surface area contributed by atoms with E-state index in [1.54, 1.807) is 0 Å². The molecule has 1 fully saturated rings. The van der Waals surface area contributed by atoms with E-state index >= 15 is 0 Å². The number of hydrogen-bond acceptors (Lipinski definition) is 5. The molecule has 1 aromatic carbocycles. The number of nitro groups is 1. The molecule has 0 aliphatic carbocycles. The third kappa shape index (κ3) is 3.21. The number of nitrogens with one attached hydrogen (secondary N) is 2. The van der Waals surface area contributed by atoms with E-state index in [4.69, 9.17) is 11.6 Å². The molecule has 0 spiro atoms. The molecule has 0 aromatic heterocycles. The van der Waals surface area contributed by atoms with Crippen LogP contribution < -0.4 is 10.0 Å². The normalized spacial score (nSPS) is 19.5. The van der Waals surface area contributed by atoms with E-state index in [1.165, 1.54) is 12.1 Å². The Labute approximate surface area is 115 Å². The zero-order chi connectivity index (χ0) is 14.0. The highest BCUT2D eigenvalue weighted by molar-refractivity contribution is 7.89. The van der Waals surface area contributed by atoms with Crippen LogP contribution in [0.2, 0.25) is 5.02 Å². The SMILES string of the molecule is O=[N+]([O-])c1ccc(Cl)c(S(=O)(=O)N[C@H]2CCNC2)c1. The van der Waals surface area contributed by atoms with Crippen molar-refractivity contribution in [3.63, 3.8) is 0 Å². The number of nitro benzene ring substituents is 1. The molecular weight excluding hydrogens is 294 g/mol. The van der Waals surface area contributed by atoms with E-state index in [2.05, 4.69) is 10.0 Å². The summed E-state index contributed by atoms with van der Waals surface area (Å²) in [6.07, 6.45) is 0.672. The highest BCUT2D eigenvalue weighted by Crippen LogP contribution is 2.26. The minimum Gasteiger partial charge on any atom is -0.315 e. The van der Waals surface area contributed by atoms with E-state index in [1.807, 2.05) is 0 Å². The van der Waals surface area contributed by atoms with Gasteiger partial charge in [0.25, 0.3) is 5.69 Å². The van der Waals surface area contributed by atoms with Gasteiger partial charge in [0.2, 0.25) is 10.0 Å². The Morgan fingerprint density at radius 2 is 2.21 bits per heavy atom. The highest BCUT2D eigenvalue weighted by Gasteiger charge is 2.26. The van der Waals surface area contributed by atoms with Gasteiger partial charge in [-0.2, -0.15) is 0 Å². The lowest BCUT2D eigenvalue weighted by Gasteiger charge is -2.12. The van der Waals surface area contributed by atoms with Gasteiger partial charge in [-0.05, 0) is 19.0 Å². The van der Waals surface area contributed by atoms with E-state index in [-0.39, 0.29) is 21.6 Å². The Hall–Kier alpha value is -1.22. The molecule has 1 heterocycles. The molecule has 1 saturated heterocycles. The van der Waals surface area contributed by atoms with Gasteiger partial charge < -0.3 is 5.32 Å². The van der Waals surface area contributed by atoms with Crippen LogP contribution in [0.25, 0.3) is 0 Å². The first-order valence-corrected chi connectivity index (χ1v) is 7.43. The molecule has 7 nitrogen and oxygen atoms in total. The first-order valence-electron chi connectivity index (χ1n) is 5.57. The zero-order valence-electron chi connectivity index (χ0n) is 9.80. The molecule has 1 aromatic rings. The second-order valence-electron chi connectivity index (χ2n) is 4.18. The number of nitrogens with zero attached hydrogens (tertiary/aromatic N) is 1. The fourth-order valence-electron chi connectivity index (χ4n) is 1.85. The van der Waals surface area contributed by atoms with Crippen LogP contribution in [0.4, 0.5) is 5.69 Å². The highest BCUT2D eigenvalue weighted by atomic mass is 35.5. The summed E-state index contributed by atoms with van der Waals surface area (Å²) in [5.74, 6) is 0. The third-order valence-corrected chi connectivity index (χ3v) is 4.80. The van der Waals surface area contributed by atoms with Crippen LogP contribution in [0.5, 0.6) is 0 Å². The lowest BCUT2D eigenvalue weighted by molar-refractivity contribution is -0.385. The lowest BCUT2D eigenvalue weighted by atomic mass is 10.3. The first-order chi connectivity index (χ1) is 8.90. The van der Waals surface area contributed by atoms with Crippen LogP contribution in [-0.4, -0.2) is 32.5 Å². The molecule has 1 aliphatic heterocycles. The van der Waals surface area contributed by atoms with Crippen molar-refractivity contribution in [3.8, 4) is 0 Å². The van der Waals surface area contributed by atoms with Gasteiger partial charge in [-0.25, -0.2) is 13.1 Å². The Morgan fingerprint density at radius 3 is 2.79 bits per heavy atom. The number of sulfonamides is 1. The molecule has 0 amide bonds. The molecular formula is C10H12ClN3O4S. The number of hydrogen-bond donors (Lipinski definition) is 2. The molecule has 0 radical (unpaired) electrons. The minimum absolute atomic E-state index is 0.0379. The first kappa shape index (κ1) is 14.2. The van der Waals surface area contributed by atoms with Gasteiger partial charge in [0.1, 0.15) is 4.90 Å². The summed E-state index contributed by atoms with van der Waals surface area (Å²) in [5, 5.41) is 13.7. The standard InChI is InChI=1S/C10H12ClN3O4S/c11-9-2-1-8(14(15)16)5-10(9)19(17,18)13-7-3-4-12-6-7/h1-2,5,7,12-13H,3-4,6H2/t7-/m0/s1. The predicted octanol–water partition coefficient (Wildman–Crippen LogP) is 0.888. The summed E-state index contributed by atoms with van der Waals surface area (Å²) < 4.78 is 26.8. The van der Waals surface area contributed by atoms with Crippen molar-refractivity contribution < 1.29 is 13.3 Å². The van der Waals surface area contributed by atoms with Gasteiger partial charge in [-0.3, -0.25) is 10.1 Å². The van der Waals surface area contributed by atoms with E-state index in [0.29, 0.717) is 13.0 Å². The average Bonchev–Trinajstić information content (AvgIpc) is 2.81. The Balaban J connectivity index is 2.33. The second kappa shape index (κ2) is 5.41. The maximum absolute atomic E-state index is 12.1. The second-order valence-corrected chi connectivity index (χ2v) is 6.27. The molecule has 1 atom stereocenters. The average molecular weight is 306 g/mol. The van der Waals surface area contributed by atoms with Crippen molar-refractivity contribution in [2.45, 2.75) is 17.4 Å². The summed E-state index contributed by atoms with van der Waals surface area (Å²) in [7, 11) is -3.86. The van der Waals surface area contributed by atoms with Crippen LogP contribution in [0.3, 0.4) is 0 Å². The number of halogens is 1. The molecule has 9 heteroatoms. The topological polar surface area (TPSA) is 101 Å². The fourth-order valence-corrected chi connectivity index (χ4v) is 3.64. The van der Waals surface area contributed by atoms with Crippen molar-refractivity contribution >= 4 is 27.3 Å². The summed E-state index contributed by atoms with van der Waals surface area (Å²) in [4.78, 5) is 9.74. The maximum atomic E-state index is 12.1. The molecule has 2 rings (SSSR count). The van der Waals surface area contributed by atoms with E-state index < -0.39 is 14.9 Å². The van der Waals surface area contributed by atoms with Crippen LogP contribution in [-0.2, 0) is 10.0 Å². The van der Waals surface area contributed by atoms with Crippen molar-refractivity contribution in [3.05, 3.63) is 33.3 Å². The minimum atomic E-state index is -3.86. The van der Waals surface area contributed by atoms with Gasteiger partial charge in [-0.15, -0.1) is 0 Å². The van der Waals surface area contributed by atoms with Gasteiger partial charge in [0.15, 0.2) is 0 Å². The van der Waals surface area contributed by atoms with Crippen molar-refractivity contribution in [2.24, 2.45) is 0 Å². The quantitative estimate of drug-likeness (QED) is 0.635. The van der Waals surface area contributed by atoms with Crippen molar-refractivity contribution in [1.82, 2.24) is 10.0 Å². The summed E-state index contributed by atoms with van der Waals surface area (Å²) in [6, 6.07) is 3.12. The Bertz CT molecular complexity index is 599. The van der Waals surface area contributed by atoms with Crippen molar-refractivity contribution in [2.75, 3.05) is 13.1 Å². The summed E-state index contributed by atoms with van der Waals surface area (Å²) in [5.41, 5.74) is -0.311. The van der Waals surface area contributed by atoms with Gasteiger partial charge in [-0.1, -0.05) is 11.6 Å². The summed E-state index contributed by atoms with van der Waals surface area (Å²) in [6.45, 7) is 1.27. The Morgan fingerprint density at radius 1 is 1.47 bits per heavy atom. The van der Waals surface area contributed by atoms with Gasteiger partial charge >= 0.3 is 0 Å². The van der Waals surface area contributed by atoms with Crippen molar-refractivity contribution in [1.29, 1.82) is 0 Å². The molecule has 2 N–H and O–H groups in total. The third-order valence-electron chi connectivity index (χ3n) is 2.80. The molecule has 0 bridgehead atoms. The largest absolute Gasteiger partial charge is 0.315 e. The molecule has 0 saturated carbocycles. The Kier molecular flexibility index (Phi) is 4.04. The lowest BCUT2D eigenvalue weighted by Crippen LogP contribution is -2.36. The molecule has 1 aliphatic rings. The smallest absolute Gasteiger partial charge is 0.270 e. The fraction of sp³-hybridized carbons (Fsp3) is 0.400. The van der Waals surface area contributed by atoms with Crippen LogP contribution in [0.15, 0.2) is 23.1 Å². The number of rotatable bonds is 4. The monoisotopic (exact) mass is 305 g/mol. The van der Waals surface area contributed by atoms with Crippen LogP contribution >= 0.6 is 11.6 Å².